The van der Waals surface area contributed by atoms with E-state index in [1.807, 2.05) is 12.1 Å². The molecule has 0 radical (unpaired) electrons. The number of ketones is 1. The van der Waals surface area contributed by atoms with Crippen LogP contribution < -0.4 is 0 Å². The van der Waals surface area contributed by atoms with Crippen molar-refractivity contribution in [3.8, 4) is 6.07 Å². The van der Waals surface area contributed by atoms with E-state index in [-0.39, 0.29) is 11.1 Å². The van der Waals surface area contributed by atoms with E-state index < -0.39 is 12.4 Å². The van der Waals surface area contributed by atoms with Crippen LogP contribution in [0.1, 0.15) is 21.7 Å². The Morgan fingerprint density at radius 3 is 3.00 bits per heavy atom. The Morgan fingerprint density at radius 1 is 1.53 bits per heavy atom. The van der Waals surface area contributed by atoms with Gasteiger partial charge in [0, 0.05) is 0 Å². The van der Waals surface area contributed by atoms with Crippen molar-refractivity contribution in [1.82, 2.24) is 14.8 Å². The molecule has 0 spiro atoms. The first-order valence-corrected chi connectivity index (χ1v) is 5.75. The van der Waals surface area contributed by atoms with Crippen molar-refractivity contribution in [2.24, 2.45) is 0 Å². The Balaban J connectivity index is 2.26. The highest BCUT2D eigenvalue weighted by Crippen LogP contribution is 2.11. The molecule has 6 nitrogen and oxygen atoms in total. The second kappa shape index (κ2) is 5.61. The number of Topliss-reactive ketones (excluding diaryl/α,β-unsaturated/α-hetero) is 1. The van der Waals surface area contributed by atoms with E-state index >= 15 is 0 Å². The van der Waals surface area contributed by atoms with Gasteiger partial charge >= 0.3 is 0 Å². The summed E-state index contributed by atoms with van der Waals surface area (Å²) in [6.07, 6.45) is 0. The van der Waals surface area contributed by atoms with E-state index in [0.717, 1.165) is 5.56 Å². The second-order valence-corrected chi connectivity index (χ2v) is 4.09. The summed E-state index contributed by atoms with van der Waals surface area (Å²) in [7, 11) is 0. The number of aliphatic hydroxyl groups is 1. The van der Waals surface area contributed by atoms with Gasteiger partial charge in [-0.2, -0.15) is 10.2 Å². The highest BCUT2D eigenvalue weighted by molar-refractivity contribution is 6.28. The van der Waals surface area contributed by atoms with Crippen LogP contribution in [0.3, 0.4) is 0 Å². The van der Waals surface area contributed by atoms with E-state index in [1.165, 1.54) is 4.68 Å². The molecule has 96 valence electrons. The monoisotopic (exact) mass is 276 g/mol. The zero-order valence-corrected chi connectivity index (χ0v) is 10.5. The van der Waals surface area contributed by atoms with Gasteiger partial charge in [-0.3, -0.25) is 4.79 Å². The van der Waals surface area contributed by atoms with Gasteiger partial charge < -0.3 is 5.11 Å². The fourth-order valence-electron chi connectivity index (χ4n) is 1.52. The Bertz CT molecular complexity index is 660. The standard InChI is InChI=1S/C12H9ClN4O2/c13-12-15-11(10(19)7-18)16-17(12)6-9-3-1-2-8(4-9)5-14/h1-4,18H,6-7H2. The van der Waals surface area contributed by atoms with Gasteiger partial charge in [0.2, 0.25) is 16.9 Å². The smallest absolute Gasteiger partial charge is 0.227 e. The van der Waals surface area contributed by atoms with Gasteiger partial charge in [-0.1, -0.05) is 12.1 Å². The van der Waals surface area contributed by atoms with Crippen LogP contribution in [0.25, 0.3) is 0 Å². The lowest BCUT2D eigenvalue weighted by Crippen LogP contribution is -2.08. The van der Waals surface area contributed by atoms with Crippen molar-refractivity contribution in [1.29, 1.82) is 5.26 Å². The number of hydrogen-bond acceptors (Lipinski definition) is 5. The van der Waals surface area contributed by atoms with Gasteiger partial charge in [0.05, 0.1) is 18.2 Å². The minimum atomic E-state index is -0.662. The molecule has 0 bridgehead atoms. The van der Waals surface area contributed by atoms with Gasteiger partial charge in [0.25, 0.3) is 0 Å². The molecule has 1 aromatic carbocycles. The van der Waals surface area contributed by atoms with Crippen molar-refractivity contribution in [2.75, 3.05) is 6.61 Å². The molecule has 2 aromatic rings. The Hall–Kier alpha value is -2.23. The number of nitriles is 1. The third kappa shape index (κ3) is 2.96. The molecule has 0 unspecified atom stereocenters. The molecular weight excluding hydrogens is 268 g/mol. The number of hydrogen-bond donors (Lipinski definition) is 1. The number of aliphatic hydroxyl groups excluding tert-OH is 1. The summed E-state index contributed by atoms with van der Waals surface area (Å²) in [6.45, 7) is -0.371. The van der Waals surface area contributed by atoms with Gasteiger partial charge in [-0.05, 0) is 29.3 Å². The molecule has 1 heterocycles. The van der Waals surface area contributed by atoms with E-state index in [1.54, 1.807) is 18.2 Å². The van der Waals surface area contributed by atoms with Gasteiger partial charge in [0.15, 0.2) is 0 Å². The maximum absolute atomic E-state index is 11.2. The van der Waals surface area contributed by atoms with Crippen molar-refractivity contribution >= 4 is 17.4 Å². The van der Waals surface area contributed by atoms with Crippen LogP contribution in [0.2, 0.25) is 5.28 Å². The quantitative estimate of drug-likeness (QED) is 0.842. The fourth-order valence-corrected chi connectivity index (χ4v) is 1.70. The predicted molar refractivity (Wildman–Crippen MR) is 66.7 cm³/mol. The first kappa shape index (κ1) is 13.2. The van der Waals surface area contributed by atoms with Crippen LogP contribution in [0.15, 0.2) is 24.3 Å². The van der Waals surface area contributed by atoms with E-state index in [4.69, 9.17) is 22.0 Å². The largest absolute Gasteiger partial charge is 0.388 e. The molecule has 19 heavy (non-hydrogen) atoms. The summed E-state index contributed by atoms with van der Waals surface area (Å²) in [5.41, 5.74) is 1.34. The molecule has 0 aliphatic rings. The zero-order chi connectivity index (χ0) is 13.8. The van der Waals surface area contributed by atoms with E-state index in [9.17, 15) is 4.79 Å². The molecule has 0 atom stereocenters. The second-order valence-electron chi connectivity index (χ2n) is 3.76. The third-order valence-electron chi connectivity index (χ3n) is 2.41. The maximum Gasteiger partial charge on any atom is 0.227 e. The first-order chi connectivity index (χ1) is 9.13. The van der Waals surface area contributed by atoms with Gasteiger partial charge in [-0.15, -0.1) is 5.10 Å². The number of aromatic nitrogens is 3. The fraction of sp³-hybridized carbons (Fsp3) is 0.167. The predicted octanol–water partition coefficient (Wildman–Crippen LogP) is 1.03. The lowest BCUT2D eigenvalue weighted by molar-refractivity contribution is 0.0893. The van der Waals surface area contributed by atoms with Crippen LogP contribution in [-0.4, -0.2) is 32.3 Å². The molecule has 2 rings (SSSR count). The number of halogens is 1. The summed E-state index contributed by atoms with van der Waals surface area (Å²) >= 11 is 5.86. The summed E-state index contributed by atoms with van der Waals surface area (Å²) in [5.74, 6) is -0.713. The minimum Gasteiger partial charge on any atom is -0.388 e. The molecule has 0 saturated carbocycles. The number of rotatable bonds is 4. The zero-order valence-electron chi connectivity index (χ0n) is 9.75. The summed E-state index contributed by atoms with van der Waals surface area (Å²) in [4.78, 5) is 15.0. The van der Waals surface area contributed by atoms with E-state index in [2.05, 4.69) is 10.1 Å². The van der Waals surface area contributed by atoms with Crippen molar-refractivity contribution < 1.29 is 9.90 Å². The maximum atomic E-state index is 11.2. The van der Waals surface area contributed by atoms with Crippen molar-refractivity contribution in [2.45, 2.75) is 6.54 Å². The van der Waals surface area contributed by atoms with Crippen LogP contribution >= 0.6 is 11.6 Å². The van der Waals surface area contributed by atoms with Gasteiger partial charge in [0.1, 0.15) is 6.61 Å². The Morgan fingerprint density at radius 2 is 2.32 bits per heavy atom. The number of nitrogens with zero attached hydrogens (tertiary/aromatic N) is 4. The Kier molecular flexibility index (Phi) is 3.90. The van der Waals surface area contributed by atoms with E-state index in [0.29, 0.717) is 12.1 Å². The molecule has 1 N–H and O–H groups in total. The Labute approximate surface area is 113 Å². The average Bonchev–Trinajstić information content (AvgIpc) is 2.79. The minimum absolute atomic E-state index is 0.0548. The molecule has 0 aliphatic carbocycles. The number of carbonyl (C=O) groups is 1. The third-order valence-corrected chi connectivity index (χ3v) is 2.69. The topological polar surface area (TPSA) is 91.8 Å². The lowest BCUT2D eigenvalue weighted by atomic mass is 10.1. The van der Waals surface area contributed by atoms with Crippen LogP contribution in [0.5, 0.6) is 0 Å². The molecule has 0 amide bonds. The van der Waals surface area contributed by atoms with Crippen LogP contribution in [-0.2, 0) is 6.54 Å². The molecule has 0 aliphatic heterocycles. The molecule has 7 heteroatoms. The number of benzene rings is 1. The molecule has 0 fully saturated rings. The van der Waals surface area contributed by atoms with Gasteiger partial charge in [-0.25, -0.2) is 4.68 Å². The normalized spacial score (nSPS) is 10.2. The molecule has 0 saturated heterocycles. The average molecular weight is 277 g/mol. The molecular formula is C12H9ClN4O2. The first-order valence-electron chi connectivity index (χ1n) is 5.37. The molecule has 1 aromatic heterocycles. The highest BCUT2D eigenvalue weighted by Gasteiger charge is 2.14. The van der Waals surface area contributed by atoms with Crippen molar-refractivity contribution in [3.05, 3.63) is 46.5 Å². The highest BCUT2D eigenvalue weighted by atomic mass is 35.5. The summed E-state index contributed by atoms with van der Waals surface area (Å²) in [5, 5.41) is 21.5. The summed E-state index contributed by atoms with van der Waals surface area (Å²) < 4.78 is 1.33. The lowest BCUT2D eigenvalue weighted by Gasteiger charge is -2.02. The SMILES string of the molecule is N#Cc1cccc(Cn2nc(C(=O)CO)nc2Cl)c1. The number of carbonyl (C=O) groups excluding carboxylic acids is 1. The van der Waals surface area contributed by atoms with Crippen LogP contribution in [0, 0.1) is 11.3 Å². The van der Waals surface area contributed by atoms with Crippen LogP contribution in [0.4, 0.5) is 0 Å². The summed E-state index contributed by atoms with van der Waals surface area (Å²) in [6, 6.07) is 8.98. The van der Waals surface area contributed by atoms with Crippen molar-refractivity contribution in [3.63, 3.8) is 0 Å².